The standard InChI is InChI=1S/C37H23F11O/c1-18-2-4-19(5-3-18)20-6-8-26-22(12-20)15-31(41)33(35(26)43)37(47,48)49-24-7-9-25(29(39)17-24)21-13-23-16-28(38)27(10-11-36(44,45)46)34(42)32(23)30(40)14-21/h6-9,12-19H,2-5H2,1H3. The van der Waals surface area contributed by atoms with Crippen LogP contribution in [0.1, 0.15) is 55.2 Å². The molecule has 0 aromatic heterocycles. The van der Waals surface area contributed by atoms with Gasteiger partial charge in [0.1, 0.15) is 40.4 Å². The van der Waals surface area contributed by atoms with Crippen LogP contribution in [0.25, 0.3) is 32.7 Å². The van der Waals surface area contributed by atoms with E-state index in [4.69, 9.17) is 0 Å². The largest absolute Gasteiger partial charge is 0.458 e. The molecule has 0 aliphatic heterocycles. The Kier molecular flexibility index (Phi) is 8.76. The van der Waals surface area contributed by atoms with Gasteiger partial charge in [-0.25, -0.2) is 26.3 Å². The van der Waals surface area contributed by atoms with Gasteiger partial charge >= 0.3 is 12.3 Å². The van der Waals surface area contributed by atoms with E-state index >= 15 is 22.0 Å². The van der Waals surface area contributed by atoms with E-state index < -0.39 is 80.4 Å². The zero-order chi connectivity index (χ0) is 35.4. The summed E-state index contributed by atoms with van der Waals surface area (Å²) in [6, 6.07) is 9.42. The predicted octanol–water partition coefficient (Wildman–Crippen LogP) is 11.8. The summed E-state index contributed by atoms with van der Waals surface area (Å²) < 4.78 is 162. The average Bonchev–Trinajstić information content (AvgIpc) is 2.99. The van der Waals surface area contributed by atoms with E-state index in [0.29, 0.717) is 30.0 Å². The number of hydrogen-bond acceptors (Lipinski definition) is 1. The molecule has 1 aliphatic carbocycles. The summed E-state index contributed by atoms with van der Waals surface area (Å²) in [4.78, 5) is 0. The zero-order valence-electron chi connectivity index (χ0n) is 25.3. The number of benzene rings is 5. The first kappa shape index (κ1) is 34.1. The van der Waals surface area contributed by atoms with E-state index in [-0.39, 0.29) is 22.3 Å². The van der Waals surface area contributed by atoms with Gasteiger partial charge in [0.2, 0.25) is 0 Å². The summed E-state index contributed by atoms with van der Waals surface area (Å²) >= 11 is 0. The number of rotatable bonds is 5. The minimum absolute atomic E-state index is 0.0916. The normalized spacial score (nSPS) is 16.9. The third-order valence-electron chi connectivity index (χ3n) is 8.74. The van der Waals surface area contributed by atoms with Crippen molar-refractivity contribution >= 4 is 21.5 Å². The third kappa shape index (κ3) is 6.76. The van der Waals surface area contributed by atoms with E-state index in [1.807, 2.05) is 0 Å². The van der Waals surface area contributed by atoms with Crippen LogP contribution < -0.4 is 4.74 Å². The van der Waals surface area contributed by atoms with Crippen molar-refractivity contribution in [3.05, 3.63) is 112 Å². The van der Waals surface area contributed by atoms with Crippen molar-refractivity contribution < 1.29 is 53.0 Å². The molecule has 0 saturated heterocycles. The van der Waals surface area contributed by atoms with Gasteiger partial charge in [0.05, 0.1) is 10.9 Å². The molecular formula is C37H23F11O. The SMILES string of the molecule is CC1CCC(c2ccc3c(F)c(C(F)(F)Oc4ccc(-c5cc(F)c6c(F)c(C#CC(F)(F)F)c(F)cc6c5)c(F)c4)c(F)cc3c2)CC1. The molecule has 1 saturated carbocycles. The van der Waals surface area contributed by atoms with Crippen molar-refractivity contribution in [2.24, 2.45) is 5.92 Å². The van der Waals surface area contributed by atoms with Crippen molar-refractivity contribution in [3.63, 3.8) is 0 Å². The highest BCUT2D eigenvalue weighted by molar-refractivity contribution is 5.90. The van der Waals surface area contributed by atoms with Gasteiger partial charge < -0.3 is 4.74 Å². The Morgan fingerprint density at radius 1 is 0.673 bits per heavy atom. The highest BCUT2D eigenvalue weighted by Gasteiger charge is 2.42. The predicted molar refractivity (Wildman–Crippen MR) is 161 cm³/mol. The van der Waals surface area contributed by atoms with E-state index in [1.165, 1.54) is 12.0 Å². The molecule has 0 bridgehead atoms. The molecular weight excluding hydrogens is 669 g/mol. The molecule has 6 rings (SSSR count). The van der Waals surface area contributed by atoms with Gasteiger partial charge in [-0.3, -0.25) is 0 Å². The van der Waals surface area contributed by atoms with Crippen LogP contribution >= 0.6 is 0 Å². The van der Waals surface area contributed by atoms with Gasteiger partial charge in [0.25, 0.3) is 0 Å². The lowest BCUT2D eigenvalue weighted by Crippen LogP contribution is -2.25. The van der Waals surface area contributed by atoms with E-state index in [0.717, 1.165) is 55.5 Å². The minimum Gasteiger partial charge on any atom is -0.429 e. The molecule has 5 aromatic carbocycles. The van der Waals surface area contributed by atoms with Gasteiger partial charge in [-0.1, -0.05) is 43.9 Å². The number of fused-ring (bicyclic) bond motifs is 2. The zero-order valence-corrected chi connectivity index (χ0v) is 25.3. The van der Waals surface area contributed by atoms with E-state index in [2.05, 4.69) is 11.7 Å². The molecule has 12 heteroatoms. The van der Waals surface area contributed by atoms with Gasteiger partial charge in [0, 0.05) is 22.9 Å². The lowest BCUT2D eigenvalue weighted by atomic mass is 9.79. The second kappa shape index (κ2) is 12.6. The summed E-state index contributed by atoms with van der Waals surface area (Å²) in [6.07, 6.45) is -5.90. The molecule has 0 radical (unpaired) electrons. The highest BCUT2D eigenvalue weighted by Crippen LogP contribution is 2.41. The fourth-order valence-electron chi connectivity index (χ4n) is 6.27. The number of hydrogen-bond donors (Lipinski definition) is 0. The molecule has 5 aromatic rings. The van der Waals surface area contributed by atoms with Crippen LogP contribution in [0, 0.1) is 52.7 Å². The summed E-state index contributed by atoms with van der Waals surface area (Å²) in [5, 5.41) is -1.60. The van der Waals surface area contributed by atoms with Gasteiger partial charge in [-0.2, -0.15) is 22.0 Å². The molecule has 1 fully saturated rings. The minimum atomic E-state index is -5.08. The number of alkyl halides is 5. The topological polar surface area (TPSA) is 9.23 Å². The first-order valence-corrected chi connectivity index (χ1v) is 15.0. The molecule has 49 heavy (non-hydrogen) atoms. The maximum Gasteiger partial charge on any atom is 0.458 e. The lowest BCUT2D eigenvalue weighted by molar-refractivity contribution is -0.189. The second-order valence-electron chi connectivity index (χ2n) is 12.1. The van der Waals surface area contributed by atoms with Crippen LogP contribution in [0.4, 0.5) is 48.3 Å². The molecule has 0 amide bonds. The van der Waals surface area contributed by atoms with Crippen molar-refractivity contribution in [2.75, 3.05) is 0 Å². The second-order valence-corrected chi connectivity index (χ2v) is 12.1. The third-order valence-corrected chi connectivity index (χ3v) is 8.74. The van der Waals surface area contributed by atoms with Crippen LogP contribution in [0.2, 0.25) is 0 Å². The molecule has 0 N–H and O–H groups in total. The Balaban J connectivity index is 1.29. The first-order chi connectivity index (χ1) is 23.0. The van der Waals surface area contributed by atoms with Crippen molar-refractivity contribution in [3.8, 4) is 28.7 Å². The summed E-state index contributed by atoms with van der Waals surface area (Å²) in [7, 11) is 0. The van der Waals surface area contributed by atoms with Gasteiger partial charge in [0.15, 0.2) is 5.82 Å². The summed E-state index contributed by atoms with van der Waals surface area (Å²) in [6.45, 7) is 2.15. The maximum absolute atomic E-state index is 15.4. The monoisotopic (exact) mass is 692 g/mol. The van der Waals surface area contributed by atoms with E-state index in [1.54, 1.807) is 12.1 Å². The van der Waals surface area contributed by atoms with Crippen molar-refractivity contribution in [1.82, 2.24) is 0 Å². The quantitative estimate of drug-likeness (QED) is 0.132. The molecule has 0 unspecified atom stereocenters. The average molecular weight is 693 g/mol. The number of halogens is 11. The lowest BCUT2D eigenvalue weighted by Gasteiger charge is -2.27. The maximum atomic E-state index is 15.4. The van der Waals surface area contributed by atoms with Crippen LogP contribution in [0.5, 0.6) is 5.75 Å². The first-order valence-electron chi connectivity index (χ1n) is 15.0. The molecule has 0 atom stereocenters. The summed E-state index contributed by atoms with van der Waals surface area (Å²) in [5.41, 5.74) is -2.95. The summed E-state index contributed by atoms with van der Waals surface area (Å²) in [5.74, 6) is -7.21. The molecule has 254 valence electrons. The van der Waals surface area contributed by atoms with Gasteiger partial charge in [-0.05, 0) is 83.0 Å². The van der Waals surface area contributed by atoms with Crippen LogP contribution in [-0.4, -0.2) is 6.18 Å². The Morgan fingerprint density at radius 3 is 2.04 bits per heavy atom. The molecule has 0 spiro atoms. The smallest absolute Gasteiger partial charge is 0.429 e. The Morgan fingerprint density at radius 2 is 1.37 bits per heavy atom. The molecule has 0 heterocycles. The molecule has 1 nitrogen and oxygen atoms in total. The van der Waals surface area contributed by atoms with Crippen LogP contribution in [0.15, 0.2) is 60.7 Å². The van der Waals surface area contributed by atoms with Crippen molar-refractivity contribution in [2.45, 2.75) is 50.8 Å². The van der Waals surface area contributed by atoms with E-state index in [9.17, 15) is 26.3 Å². The van der Waals surface area contributed by atoms with Crippen LogP contribution in [0.3, 0.4) is 0 Å². The highest BCUT2D eigenvalue weighted by atomic mass is 19.4. The Hall–Kier alpha value is -4.79. The number of ether oxygens (including phenoxy) is 1. The van der Waals surface area contributed by atoms with Crippen molar-refractivity contribution in [1.29, 1.82) is 0 Å². The van der Waals surface area contributed by atoms with Crippen LogP contribution in [-0.2, 0) is 6.11 Å². The molecule has 1 aliphatic rings. The Bertz CT molecular complexity index is 2170. The fourth-order valence-corrected chi connectivity index (χ4v) is 6.27. The fraction of sp³-hybridized carbons (Fsp3) is 0.243. The van der Waals surface area contributed by atoms with Gasteiger partial charge in [-0.15, -0.1) is 0 Å². The Labute approximate surface area is 272 Å².